The Balaban J connectivity index is 2.17. The highest BCUT2D eigenvalue weighted by molar-refractivity contribution is 5.65. The molecule has 1 fully saturated rings. The van der Waals surface area contributed by atoms with Crippen LogP contribution >= 0.6 is 0 Å². The van der Waals surface area contributed by atoms with Crippen LogP contribution < -0.4 is 4.90 Å². The Morgan fingerprint density at radius 3 is 2.60 bits per heavy atom. The molecule has 0 aromatic heterocycles. The van der Waals surface area contributed by atoms with E-state index in [1.807, 2.05) is 11.0 Å². The first-order chi connectivity index (χ1) is 9.65. The number of hydrogen-bond acceptors (Lipinski definition) is 6. The van der Waals surface area contributed by atoms with Crippen LogP contribution in [0.4, 0.5) is 11.4 Å². The average Bonchev–Trinajstić information content (AvgIpc) is 2.48. The van der Waals surface area contributed by atoms with Gasteiger partial charge >= 0.3 is 0 Å². The average molecular weight is 276 g/mol. The van der Waals surface area contributed by atoms with Crippen LogP contribution in [0.25, 0.3) is 0 Å². The maximum absolute atomic E-state index is 11.1. The Kier molecular flexibility index (Phi) is 4.50. The fraction of sp³-hybridized carbons (Fsp3) is 0.462. The molecule has 0 atom stereocenters. The van der Waals surface area contributed by atoms with Crippen LogP contribution in [0.15, 0.2) is 18.2 Å². The second-order valence-corrected chi connectivity index (χ2v) is 4.62. The van der Waals surface area contributed by atoms with Gasteiger partial charge in [0.1, 0.15) is 5.69 Å². The summed E-state index contributed by atoms with van der Waals surface area (Å²) in [6, 6.07) is 6.47. The summed E-state index contributed by atoms with van der Waals surface area (Å²) >= 11 is 0. The highest BCUT2D eigenvalue weighted by atomic mass is 16.6. The molecule has 1 saturated heterocycles. The minimum atomic E-state index is -0.448. The van der Waals surface area contributed by atoms with Crippen LogP contribution in [0.2, 0.25) is 0 Å². The Morgan fingerprint density at radius 1 is 1.35 bits per heavy atom. The molecule has 1 N–H and O–H groups in total. The van der Waals surface area contributed by atoms with Gasteiger partial charge in [0.2, 0.25) is 0 Å². The van der Waals surface area contributed by atoms with Crippen molar-refractivity contribution in [3.8, 4) is 6.07 Å². The summed E-state index contributed by atoms with van der Waals surface area (Å²) in [5.41, 5.74) is 0.816. The number of aliphatic hydroxyl groups is 1. The first kappa shape index (κ1) is 14.2. The van der Waals surface area contributed by atoms with Crippen LogP contribution in [0, 0.1) is 21.4 Å². The van der Waals surface area contributed by atoms with E-state index in [2.05, 4.69) is 4.90 Å². The summed E-state index contributed by atoms with van der Waals surface area (Å²) in [6.45, 7) is 3.62. The lowest BCUT2D eigenvalue weighted by Crippen LogP contribution is -2.47. The van der Waals surface area contributed by atoms with Gasteiger partial charge in [0.05, 0.1) is 23.2 Å². The Hall–Kier alpha value is -2.17. The molecule has 0 aliphatic carbocycles. The number of benzene rings is 1. The number of anilines is 1. The van der Waals surface area contributed by atoms with Gasteiger partial charge in [0.15, 0.2) is 0 Å². The third kappa shape index (κ3) is 3.04. The van der Waals surface area contributed by atoms with E-state index in [4.69, 9.17) is 10.4 Å². The van der Waals surface area contributed by atoms with Crippen LogP contribution in [0.5, 0.6) is 0 Å². The van der Waals surface area contributed by atoms with Crippen molar-refractivity contribution in [1.29, 1.82) is 5.26 Å². The highest BCUT2D eigenvalue weighted by Gasteiger charge is 2.23. The lowest BCUT2D eigenvalue weighted by atomic mass is 10.1. The molecule has 2 rings (SSSR count). The van der Waals surface area contributed by atoms with Crippen molar-refractivity contribution >= 4 is 11.4 Å². The number of piperazine rings is 1. The zero-order valence-corrected chi connectivity index (χ0v) is 11.0. The topological polar surface area (TPSA) is 93.6 Å². The standard InChI is InChI=1S/C13H16N4O3/c14-10-11-1-2-12(13(9-11)17(19)20)16-5-3-15(4-6-16)7-8-18/h1-2,9,18H,3-8H2. The van der Waals surface area contributed by atoms with Crippen molar-refractivity contribution < 1.29 is 10.0 Å². The molecule has 0 spiro atoms. The smallest absolute Gasteiger partial charge is 0.293 e. The summed E-state index contributed by atoms with van der Waals surface area (Å²) in [5, 5.41) is 28.8. The van der Waals surface area contributed by atoms with Gasteiger partial charge in [-0.1, -0.05) is 0 Å². The van der Waals surface area contributed by atoms with Crippen molar-refractivity contribution in [2.45, 2.75) is 0 Å². The number of nitrogens with zero attached hydrogens (tertiary/aromatic N) is 4. The maximum Gasteiger partial charge on any atom is 0.293 e. The van der Waals surface area contributed by atoms with Gasteiger partial charge in [-0.2, -0.15) is 5.26 Å². The van der Waals surface area contributed by atoms with Crippen LogP contribution in [0.1, 0.15) is 5.56 Å². The van der Waals surface area contributed by atoms with Crippen molar-refractivity contribution in [3.05, 3.63) is 33.9 Å². The molecule has 7 heteroatoms. The predicted molar refractivity (Wildman–Crippen MR) is 73.6 cm³/mol. The molecular weight excluding hydrogens is 260 g/mol. The zero-order chi connectivity index (χ0) is 14.5. The first-order valence-electron chi connectivity index (χ1n) is 6.42. The van der Waals surface area contributed by atoms with Gasteiger partial charge in [0, 0.05) is 38.8 Å². The van der Waals surface area contributed by atoms with Crippen LogP contribution in [0.3, 0.4) is 0 Å². The van der Waals surface area contributed by atoms with E-state index in [0.717, 1.165) is 13.1 Å². The highest BCUT2D eigenvalue weighted by Crippen LogP contribution is 2.29. The maximum atomic E-state index is 11.1. The quantitative estimate of drug-likeness (QED) is 0.638. The molecule has 106 valence electrons. The van der Waals surface area contributed by atoms with E-state index in [9.17, 15) is 10.1 Å². The second kappa shape index (κ2) is 6.32. The molecule has 0 unspecified atom stereocenters. The van der Waals surface area contributed by atoms with Gasteiger partial charge in [0.25, 0.3) is 5.69 Å². The molecule has 1 aromatic carbocycles. The zero-order valence-electron chi connectivity index (χ0n) is 11.0. The minimum absolute atomic E-state index is 0.0281. The normalized spacial score (nSPS) is 15.9. The van der Waals surface area contributed by atoms with Gasteiger partial charge in [-0.15, -0.1) is 0 Å². The summed E-state index contributed by atoms with van der Waals surface area (Å²) in [4.78, 5) is 14.7. The number of hydrogen-bond donors (Lipinski definition) is 1. The van der Waals surface area contributed by atoms with Gasteiger partial charge in [-0.3, -0.25) is 15.0 Å². The Morgan fingerprint density at radius 2 is 2.05 bits per heavy atom. The molecule has 1 aromatic rings. The second-order valence-electron chi connectivity index (χ2n) is 4.62. The number of nitriles is 1. The van der Waals surface area contributed by atoms with E-state index in [0.29, 0.717) is 30.9 Å². The summed E-state index contributed by atoms with van der Waals surface area (Å²) < 4.78 is 0. The van der Waals surface area contributed by atoms with Crippen LogP contribution in [-0.2, 0) is 0 Å². The Labute approximate surface area is 116 Å². The van der Waals surface area contributed by atoms with Crippen LogP contribution in [-0.4, -0.2) is 54.3 Å². The van der Waals surface area contributed by atoms with Crippen molar-refractivity contribution in [2.24, 2.45) is 0 Å². The number of nitro benzene ring substituents is 1. The number of nitro groups is 1. The Bertz CT molecular complexity index is 533. The molecule has 1 heterocycles. The molecule has 0 radical (unpaired) electrons. The van der Waals surface area contributed by atoms with E-state index in [1.54, 1.807) is 12.1 Å². The van der Waals surface area contributed by atoms with Crippen molar-refractivity contribution in [3.63, 3.8) is 0 Å². The summed E-state index contributed by atoms with van der Waals surface area (Å²) in [5.74, 6) is 0. The molecule has 20 heavy (non-hydrogen) atoms. The SMILES string of the molecule is N#Cc1ccc(N2CCN(CCO)CC2)c([N+](=O)[O-])c1. The molecular formula is C13H16N4O3. The monoisotopic (exact) mass is 276 g/mol. The molecule has 0 saturated carbocycles. The number of β-amino-alcohol motifs (C(OH)–C–C–N with tert-alkyl or cyclic N) is 1. The number of aliphatic hydroxyl groups excluding tert-OH is 1. The third-order valence-electron chi connectivity index (χ3n) is 3.43. The predicted octanol–water partition coefficient (Wildman–Crippen LogP) is 0.581. The van der Waals surface area contributed by atoms with Crippen molar-refractivity contribution in [2.75, 3.05) is 44.2 Å². The number of rotatable bonds is 4. The molecule has 7 nitrogen and oxygen atoms in total. The molecule has 1 aliphatic rings. The molecule has 0 amide bonds. The van der Waals surface area contributed by atoms with Gasteiger partial charge in [-0.05, 0) is 12.1 Å². The van der Waals surface area contributed by atoms with Crippen molar-refractivity contribution in [1.82, 2.24) is 4.90 Å². The fourth-order valence-electron chi connectivity index (χ4n) is 2.36. The van der Waals surface area contributed by atoms with Gasteiger partial charge < -0.3 is 10.0 Å². The lowest BCUT2D eigenvalue weighted by Gasteiger charge is -2.35. The lowest BCUT2D eigenvalue weighted by molar-refractivity contribution is -0.384. The summed E-state index contributed by atoms with van der Waals surface area (Å²) in [6.07, 6.45) is 0. The molecule has 0 bridgehead atoms. The first-order valence-corrected chi connectivity index (χ1v) is 6.42. The molecule has 1 aliphatic heterocycles. The van der Waals surface area contributed by atoms with E-state index >= 15 is 0 Å². The van der Waals surface area contributed by atoms with E-state index < -0.39 is 4.92 Å². The van der Waals surface area contributed by atoms with E-state index in [-0.39, 0.29) is 12.3 Å². The van der Waals surface area contributed by atoms with Gasteiger partial charge in [-0.25, -0.2) is 0 Å². The fourth-order valence-corrected chi connectivity index (χ4v) is 2.36. The third-order valence-corrected chi connectivity index (χ3v) is 3.43. The summed E-state index contributed by atoms with van der Waals surface area (Å²) in [7, 11) is 0. The van der Waals surface area contributed by atoms with E-state index in [1.165, 1.54) is 6.07 Å². The minimum Gasteiger partial charge on any atom is -0.395 e. The largest absolute Gasteiger partial charge is 0.395 e.